The van der Waals surface area contributed by atoms with Crippen LogP contribution >= 0.6 is 11.3 Å². The Balaban J connectivity index is 1.52. The molecule has 1 unspecified atom stereocenters. The topological polar surface area (TPSA) is 94.3 Å². The number of esters is 1. The van der Waals surface area contributed by atoms with E-state index in [0.717, 1.165) is 24.1 Å². The Bertz CT molecular complexity index is 1870. The first-order chi connectivity index (χ1) is 20.7. The van der Waals surface area contributed by atoms with Crippen molar-refractivity contribution in [3.05, 3.63) is 106 Å². The van der Waals surface area contributed by atoms with Crippen molar-refractivity contribution in [2.24, 2.45) is 0 Å². The Morgan fingerprint density at radius 2 is 1.79 bits per heavy atom. The lowest BCUT2D eigenvalue weighted by atomic mass is 9.95. The minimum atomic E-state index is -2.48. The monoisotopic (exact) mass is 623 g/mol. The van der Waals surface area contributed by atoms with Crippen LogP contribution in [0.2, 0.25) is 0 Å². The van der Waals surface area contributed by atoms with Gasteiger partial charge in [-0.15, -0.1) is 11.3 Å². The maximum Gasteiger partial charge on any atom is 0.357 e. The van der Waals surface area contributed by atoms with Crippen LogP contribution in [-0.4, -0.2) is 36.1 Å². The zero-order valence-electron chi connectivity index (χ0n) is 22.7. The van der Waals surface area contributed by atoms with E-state index in [1.807, 2.05) is 0 Å². The van der Waals surface area contributed by atoms with E-state index in [2.05, 4.69) is 4.98 Å². The van der Waals surface area contributed by atoms with Gasteiger partial charge in [-0.25, -0.2) is 31.8 Å². The summed E-state index contributed by atoms with van der Waals surface area (Å²) in [6.07, 6.45) is 1.99. The summed E-state index contributed by atoms with van der Waals surface area (Å²) in [5.41, 5.74) is 4.11. The van der Waals surface area contributed by atoms with Gasteiger partial charge in [-0.05, 0) is 73.4 Å². The predicted octanol–water partition coefficient (Wildman–Crippen LogP) is 7.31. The largest absolute Gasteiger partial charge is 0.461 e. The number of ether oxygens (including phenoxy) is 1. The summed E-state index contributed by atoms with van der Waals surface area (Å²) in [6.45, 7) is 1.91. The zero-order chi connectivity index (χ0) is 30.2. The van der Waals surface area contributed by atoms with E-state index in [-0.39, 0.29) is 35.1 Å². The van der Waals surface area contributed by atoms with Gasteiger partial charge in [0, 0.05) is 34.4 Å². The maximum atomic E-state index is 15.0. The summed E-state index contributed by atoms with van der Waals surface area (Å²) >= 11 is -1.25. The molecule has 0 saturated heterocycles. The fraction of sp³-hybridized carbons (Fsp3) is 0.194. The molecule has 1 fully saturated rings. The van der Waals surface area contributed by atoms with Crippen molar-refractivity contribution in [1.29, 1.82) is 0 Å². The summed E-state index contributed by atoms with van der Waals surface area (Å²) in [5.74, 6) is -2.17. The number of nitrogens with zero attached hydrogens (tertiary/aromatic N) is 3. The minimum absolute atomic E-state index is 0.122. The Hall–Kier alpha value is -4.13. The van der Waals surface area contributed by atoms with Crippen molar-refractivity contribution in [3.63, 3.8) is 0 Å². The molecule has 3 aromatic carbocycles. The van der Waals surface area contributed by atoms with E-state index in [1.54, 1.807) is 35.2 Å². The standard InChI is InChI=1S/C31H24F3N3O4S2/c1-2-41-30(38)26-16-42-31(35-26)37-29(19-4-5-19)23(13-17-3-12-27(43(39)40)25(34)14-17)28(36-37)20-8-11-24(33)22(15-20)18-6-9-21(32)10-7-18/h3,6-12,14-16,19H,2,4-5,13H2,1H3,(H,39,40). The second-order valence-corrected chi connectivity index (χ2v) is 11.8. The fourth-order valence-electron chi connectivity index (χ4n) is 4.98. The van der Waals surface area contributed by atoms with Crippen LogP contribution in [0.15, 0.2) is 70.9 Å². The number of hydrogen-bond donors (Lipinski definition) is 1. The van der Waals surface area contributed by atoms with E-state index in [9.17, 15) is 22.3 Å². The highest BCUT2D eigenvalue weighted by Crippen LogP contribution is 2.46. The predicted molar refractivity (Wildman–Crippen MR) is 156 cm³/mol. The molecule has 220 valence electrons. The van der Waals surface area contributed by atoms with Crippen molar-refractivity contribution >= 4 is 28.4 Å². The number of hydrogen-bond acceptors (Lipinski definition) is 6. The van der Waals surface area contributed by atoms with Crippen molar-refractivity contribution < 1.29 is 31.5 Å². The van der Waals surface area contributed by atoms with Crippen LogP contribution in [0.3, 0.4) is 0 Å². The quantitative estimate of drug-likeness (QED) is 0.137. The van der Waals surface area contributed by atoms with Crippen LogP contribution in [0.5, 0.6) is 0 Å². The fourth-order valence-corrected chi connectivity index (χ4v) is 6.14. The maximum absolute atomic E-state index is 15.0. The molecular formula is C31H24F3N3O4S2. The van der Waals surface area contributed by atoms with Crippen molar-refractivity contribution in [1.82, 2.24) is 14.8 Å². The summed E-state index contributed by atoms with van der Waals surface area (Å²) in [6, 6.07) is 14.1. The third kappa shape index (κ3) is 5.90. The second kappa shape index (κ2) is 11.9. The number of halogens is 3. The molecule has 1 saturated carbocycles. The number of carbonyl (C=O) groups is 1. The lowest BCUT2D eigenvalue weighted by Crippen LogP contribution is -2.07. The van der Waals surface area contributed by atoms with Gasteiger partial charge in [0.05, 0.1) is 18.0 Å². The smallest absolute Gasteiger partial charge is 0.357 e. The zero-order valence-corrected chi connectivity index (χ0v) is 24.4. The number of thiazole rings is 1. The molecule has 12 heteroatoms. The van der Waals surface area contributed by atoms with E-state index in [0.29, 0.717) is 27.5 Å². The van der Waals surface area contributed by atoms with Crippen LogP contribution in [0, 0.1) is 17.5 Å². The Labute approximate surface area is 251 Å². The molecule has 1 aliphatic rings. The first kappa shape index (κ1) is 29.0. The molecule has 1 N–H and O–H groups in total. The van der Waals surface area contributed by atoms with E-state index in [1.165, 1.54) is 53.8 Å². The van der Waals surface area contributed by atoms with Gasteiger partial charge in [0.15, 0.2) is 16.8 Å². The molecular weight excluding hydrogens is 599 g/mol. The van der Waals surface area contributed by atoms with Gasteiger partial charge in [0.25, 0.3) is 0 Å². The van der Waals surface area contributed by atoms with Crippen molar-refractivity contribution in [2.75, 3.05) is 6.61 Å². The summed E-state index contributed by atoms with van der Waals surface area (Å²) in [5, 5.41) is 6.96. The van der Waals surface area contributed by atoms with E-state index < -0.39 is 34.5 Å². The van der Waals surface area contributed by atoms with Gasteiger partial charge in [-0.1, -0.05) is 18.2 Å². The molecule has 1 atom stereocenters. The van der Waals surface area contributed by atoms with Crippen molar-refractivity contribution in [2.45, 2.75) is 37.0 Å². The third-order valence-electron chi connectivity index (χ3n) is 7.11. The van der Waals surface area contributed by atoms with Gasteiger partial charge >= 0.3 is 5.97 Å². The van der Waals surface area contributed by atoms with Gasteiger partial charge in [0.1, 0.15) is 22.3 Å². The molecule has 5 aromatic rings. The molecule has 0 amide bonds. The molecule has 43 heavy (non-hydrogen) atoms. The molecule has 2 aromatic heterocycles. The molecule has 0 radical (unpaired) electrons. The summed E-state index contributed by atoms with van der Waals surface area (Å²) in [4.78, 5) is 16.5. The normalized spacial score (nSPS) is 13.7. The molecule has 0 aliphatic heterocycles. The lowest BCUT2D eigenvalue weighted by Gasteiger charge is -2.10. The van der Waals surface area contributed by atoms with Crippen LogP contribution in [0.25, 0.3) is 27.5 Å². The van der Waals surface area contributed by atoms with Crippen LogP contribution < -0.4 is 0 Å². The van der Waals surface area contributed by atoms with Crippen molar-refractivity contribution in [3.8, 4) is 27.5 Å². The SMILES string of the molecule is CCOC(=O)c1csc(-n2nc(-c3ccc(F)c(-c4ccc(F)cc4)c3)c(Cc3ccc(S(=O)O)c(F)c3)c2C2CC2)n1. The summed E-state index contributed by atoms with van der Waals surface area (Å²) in [7, 11) is 0. The average Bonchev–Trinajstić information content (AvgIpc) is 3.57. The number of rotatable bonds is 9. The molecule has 0 bridgehead atoms. The van der Waals surface area contributed by atoms with Crippen LogP contribution in [0.1, 0.15) is 53.0 Å². The van der Waals surface area contributed by atoms with Gasteiger partial charge in [0.2, 0.25) is 5.13 Å². The highest BCUT2D eigenvalue weighted by molar-refractivity contribution is 7.79. The first-order valence-electron chi connectivity index (χ1n) is 13.4. The molecule has 6 rings (SSSR count). The minimum Gasteiger partial charge on any atom is -0.461 e. The number of benzene rings is 3. The van der Waals surface area contributed by atoms with Gasteiger partial charge in [-0.3, -0.25) is 0 Å². The molecule has 2 heterocycles. The highest BCUT2D eigenvalue weighted by atomic mass is 32.2. The first-order valence-corrected chi connectivity index (χ1v) is 15.4. The lowest BCUT2D eigenvalue weighted by molar-refractivity contribution is 0.0520. The van der Waals surface area contributed by atoms with E-state index >= 15 is 4.39 Å². The Morgan fingerprint density at radius 1 is 1.05 bits per heavy atom. The number of carbonyl (C=O) groups excluding carboxylic acids is 1. The van der Waals surface area contributed by atoms with Crippen LogP contribution in [0.4, 0.5) is 13.2 Å². The van der Waals surface area contributed by atoms with E-state index in [4.69, 9.17) is 9.84 Å². The third-order valence-corrected chi connectivity index (χ3v) is 8.63. The second-order valence-electron chi connectivity index (χ2n) is 10.0. The molecule has 7 nitrogen and oxygen atoms in total. The molecule has 0 spiro atoms. The van der Waals surface area contributed by atoms with Gasteiger partial charge < -0.3 is 9.29 Å². The number of aromatic nitrogens is 3. The van der Waals surface area contributed by atoms with Crippen LogP contribution in [-0.2, 0) is 22.2 Å². The average molecular weight is 624 g/mol. The molecule has 1 aliphatic carbocycles. The Kier molecular flexibility index (Phi) is 7.99. The van der Waals surface area contributed by atoms with Gasteiger partial charge in [-0.2, -0.15) is 5.10 Å². The highest BCUT2D eigenvalue weighted by Gasteiger charge is 2.34. The summed E-state index contributed by atoms with van der Waals surface area (Å²) < 4.78 is 71.0. The Morgan fingerprint density at radius 3 is 2.47 bits per heavy atom.